The fourth-order valence-corrected chi connectivity index (χ4v) is 3.22. The summed E-state index contributed by atoms with van der Waals surface area (Å²) in [6, 6.07) is 4.77. The van der Waals surface area contributed by atoms with E-state index in [1.807, 2.05) is 0 Å². The van der Waals surface area contributed by atoms with Gasteiger partial charge in [0.15, 0.2) is 0 Å². The number of aryl methyl sites for hydroxylation is 1. The molecule has 1 atom stereocenters. The summed E-state index contributed by atoms with van der Waals surface area (Å²) in [5.41, 5.74) is -0.899. The third-order valence-electron chi connectivity index (χ3n) is 4.26. The number of hydrogen-bond donors (Lipinski definition) is 1. The topological polar surface area (TPSA) is 94.1 Å². The second kappa shape index (κ2) is 6.53. The molecule has 1 N–H and O–H groups in total. The molecule has 0 fully saturated rings. The lowest BCUT2D eigenvalue weighted by Gasteiger charge is -2.27. The molecular formula is C17H15F3N4O3. The molecule has 1 aromatic carbocycles. The smallest absolute Gasteiger partial charge is 0.416 e. The average molecular weight is 380 g/mol. The Morgan fingerprint density at radius 2 is 1.81 bits per heavy atom. The minimum atomic E-state index is -4.68. The Hall–Kier alpha value is -3.17. The summed E-state index contributed by atoms with van der Waals surface area (Å²) >= 11 is 0. The summed E-state index contributed by atoms with van der Waals surface area (Å²) < 4.78 is 46.2. The number of hydrogen-bond acceptors (Lipinski definition) is 6. The normalized spacial score (nSPS) is 17.9. The van der Waals surface area contributed by atoms with Crippen LogP contribution < -0.4 is 5.32 Å². The lowest BCUT2D eigenvalue weighted by molar-refractivity contribution is -0.430. The van der Waals surface area contributed by atoms with E-state index in [9.17, 15) is 23.3 Å². The third-order valence-corrected chi connectivity index (χ3v) is 4.26. The van der Waals surface area contributed by atoms with E-state index in [1.54, 1.807) is 6.92 Å². The van der Waals surface area contributed by atoms with Crippen LogP contribution in [-0.4, -0.2) is 15.1 Å². The summed E-state index contributed by atoms with van der Waals surface area (Å²) in [4.78, 5) is 11.1. The highest BCUT2D eigenvalue weighted by Crippen LogP contribution is 2.46. The molecule has 0 spiro atoms. The number of dihydropyridines is 1. The van der Waals surface area contributed by atoms with Gasteiger partial charge < -0.3 is 9.73 Å². The Morgan fingerprint density at radius 1 is 1.15 bits per heavy atom. The molecule has 3 rings (SSSR count). The molecule has 0 aliphatic carbocycles. The number of nitrogens with zero attached hydrogens (tertiary/aromatic N) is 3. The molecule has 0 saturated heterocycles. The van der Waals surface area contributed by atoms with Gasteiger partial charge in [0.25, 0.3) is 5.70 Å². The van der Waals surface area contributed by atoms with Crippen molar-refractivity contribution in [2.75, 3.05) is 0 Å². The van der Waals surface area contributed by atoms with Gasteiger partial charge in [-0.25, -0.2) is 0 Å². The average Bonchev–Trinajstić information content (AvgIpc) is 2.98. The van der Waals surface area contributed by atoms with Crippen LogP contribution in [0.2, 0.25) is 0 Å². The van der Waals surface area contributed by atoms with Gasteiger partial charge >= 0.3 is 6.18 Å². The zero-order valence-corrected chi connectivity index (χ0v) is 14.6. The highest BCUT2D eigenvalue weighted by molar-refractivity contribution is 5.74. The Kier molecular flexibility index (Phi) is 4.50. The highest BCUT2D eigenvalue weighted by atomic mass is 19.4. The van der Waals surface area contributed by atoms with E-state index in [0.717, 1.165) is 6.07 Å². The van der Waals surface area contributed by atoms with Gasteiger partial charge in [0.05, 0.1) is 21.8 Å². The highest BCUT2D eigenvalue weighted by Gasteiger charge is 2.44. The molecule has 2 heterocycles. The largest absolute Gasteiger partial charge is 0.421 e. The van der Waals surface area contributed by atoms with Crippen molar-refractivity contribution in [2.24, 2.45) is 0 Å². The van der Waals surface area contributed by atoms with Gasteiger partial charge in [0, 0.05) is 12.6 Å². The van der Waals surface area contributed by atoms with Crippen molar-refractivity contribution in [2.45, 2.75) is 32.9 Å². The minimum absolute atomic E-state index is 0.0636. The van der Waals surface area contributed by atoms with Crippen LogP contribution in [0.4, 0.5) is 13.2 Å². The number of alkyl halides is 3. The molecule has 142 valence electrons. The molecule has 1 unspecified atom stereocenters. The fourth-order valence-electron chi connectivity index (χ4n) is 3.22. The molecule has 0 saturated carbocycles. The van der Waals surface area contributed by atoms with Crippen LogP contribution in [0, 0.1) is 17.0 Å². The number of nitrogens with one attached hydrogen (secondary N) is 1. The first-order valence-corrected chi connectivity index (χ1v) is 7.90. The maximum atomic E-state index is 13.6. The standard InChI is InChI=1S/C17H15F3N4O3/c1-8-13(16-23-22-10(3)27-16)14(15(24(25)26)9(2)21-8)11-6-4-5-7-12(11)17(18,19)20/h4-7,14,21H,1-3H3. The molecule has 2 aromatic rings. The molecule has 1 aromatic heterocycles. The monoisotopic (exact) mass is 380 g/mol. The molecule has 0 amide bonds. The van der Waals surface area contributed by atoms with Crippen molar-refractivity contribution in [3.8, 4) is 0 Å². The minimum Gasteiger partial charge on any atom is -0.421 e. The van der Waals surface area contributed by atoms with Gasteiger partial charge in [0.1, 0.15) is 5.92 Å². The fraction of sp³-hybridized carbons (Fsp3) is 0.294. The first kappa shape index (κ1) is 18.6. The maximum Gasteiger partial charge on any atom is 0.416 e. The second-order valence-corrected chi connectivity index (χ2v) is 6.08. The number of nitro groups is 1. The quantitative estimate of drug-likeness (QED) is 0.638. The Morgan fingerprint density at radius 3 is 2.37 bits per heavy atom. The molecule has 0 radical (unpaired) electrons. The summed E-state index contributed by atoms with van der Waals surface area (Å²) in [5.74, 6) is -1.19. The van der Waals surface area contributed by atoms with Gasteiger partial charge in [-0.3, -0.25) is 10.1 Å². The number of benzene rings is 1. The van der Waals surface area contributed by atoms with Crippen LogP contribution in [0.15, 0.2) is 45.8 Å². The zero-order chi connectivity index (χ0) is 19.9. The molecule has 1 aliphatic heterocycles. The number of aromatic nitrogens is 2. The first-order chi connectivity index (χ1) is 12.6. The van der Waals surface area contributed by atoms with E-state index >= 15 is 0 Å². The van der Waals surface area contributed by atoms with E-state index < -0.39 is 28.3 Å². The molecule has 7 nitrogen and oxygen atoms in total. The molecular weight excluding hydrogens is 365 g/mol. The lowest BCUT2D eigenvalue weighted by Crippen LogP contribution is -2.28. The van der Waals surface area contributed by atoms with Crippen molar-refractivity contribution in [1.29, 1.82) is 0 Å². The number of halogens is 3. The predicted octanol–water partition coefficient (Wildman–Crippen LogP) is 4.02. The van der Waals surface area contributed by atoms with Crippen LogP contribution in [0.1, 0.15) is 42.7 Å². The zero-order valence-electron chi connectivity index (χ0n) is 14.6. The maximum absolute atomic E-state index is 13.6. The Bertz CT molecular complexity index is 976. The van der Waals surface area contributed by atoms with Crippen LogP contribution in [0.25, 0.3) is 5.57 Å². The molecule has 0 bridgehead atoms. The Balaban J connectivity index is 2.33. The summed E-state index contributed by atoms with van der Waals surface area (Å²) in [6.45, 7) is 4.57. The van der Waals surface area contributed by atoms with E-state index in [1.165, 1.54) is 32.0 Å². The van der Waals surface area contributed by atoms with Crippen molar-refractivity contribution >= 4 is 5.57 Å². The summed E-state index contributed by atoms with van der Waals surface area (Å²) in [6.07, 6.45) is -4.68. The van der Waals surface area contributed by atoms with Crippen molar-refractivity contribution in [3.63, 3.8) is 0 Å². The van der Waals surface area contributed by atoms with E-state index in [-0.39, 0.29) is 28.6 Å². The number of rotatable bonds is 3. The van der Waals surface area contributed by atoms with Gasteiger partial charge in [-0.15, -0.1) is 10.2 Å². The number of allylic oxidation sites excluding steroid dienone is 3. The van der Waals surface area contributed by atoms with Crippen molar-refractivity contribution in [1.82, 2.24) is 15.5 Å². The Labute approximate surface area is 151 Å². The van der Waals surface area contributed by atoms with Gasteiger partial charge in [-0.05, 0) is 25.5 Å². The van der Waals surface area contributed by atoms with E-state index in [2.05, 4.69) is 15.5 Å². The van der Waals surface area contributed by atoms with Crippen molar-refractivity contribution in [3.05, 3.63) is 74.4 Å². The van der Waals surface area contributed by atoms with Gasteiger partial charge in [0.2, 0.25) is 11.8 Å². The van der Waals surface area contributed by atoms with Crippen LogP contribution in [0.3, 0.4) is 0 Å². The first-order valence-electron chi connectivity index (χ1n) is 7.90. The lowest BCUT2D eigenvalue weighted by atomic mass is 9.81. The van der Waals surface area contributed by atoms with Crippen LogP contribution >= 0.6 is 0 Å². The second-order valence-electron chi connectivity index (χ2n) is 6.08. The summed E-state index contributed by atoms with van der Waals surface area (Å²) in [5, 5.41) is 22.1. The van der Waals surface area contributed by atoms with Gasteiger partial charge in [-0.2, -0.15) is 13.2 Å². The van der Waals surface area contributed by atoms with E-state index in [4.69, 9.17) is 4.42 Å². The molecule has 27 heavy (non-hydrogen) atoms. The molecule has 1 aliphatic rings. The van der Waals surface area contributed by atoms with E-state index in [0.29, 0.717) is 5.70 Å². The third kappa shape index (κ3) is 3.29. The predicted molar refractivity (Wildman–Crippen MR) is 88.6 cm³/mol. The van der Waals surface area contributed by atoms with Crippen LogP contribution in [0.5, 0.6) is 0 Å². The van der Waals surface area contributed by atoms with Crippen LogP contribution in [-0.2, 0) is 6.18 Å². The molecule has 10 heteroatoms. The van der Waals surface area contributed by atoms with Gasteiger partial charge in [-0.1, -0.05) is 18.2 Å². The summed E-state index contributed by atoms with van der Waals surface area (Å²) in [7, 11) is 0. The van der Waals surface area contributed by atoms with Crippen molar-refractivity contribution < 1.29 is 22.5 Å². The SMILES string of the molecule is CC1=C(c2nnc(C)o2)C(c2ccccc2C(F)(F)F)C([N+](=O)[O-])=C(C)N1.